The Morgan fingerprint density at radius 2 is 0.951 bits per heavy atom. The number of para-hydroxylation sites is 2. The van der Waals surface area contributed by atoms with Crippen molar-refractivity contribution < 1.29 is 29.2 Å². The smallest absolute Gasteiger partial charge is 0.135 e. The SMILES string of the molecule is Cc1ccccc1OCC(O)COc1c2ccccc2c(OCC(O)COc2ccccc2C)c2cc(Cl)ccc12. The maximum Gasteiger partial charge on any atom is 0.135 e. The molecule has 0 saturated carbocycles. The average molecular weight is 573 g/mol. The van der Waals surface area contributed by atoms with Gasteiger partial charge in [-0.15, -0.1) is 0 Å². The lowest BCUT2D eigenvalue weighted by molar-refractivity contribution is 0.0627. The average Bonchev–Trinajstić information content (AvgIpc) is 2.98. The first-order valence-corrected chi connectivity index (χ1v) is 13.9. The highest BCUT2D eigenvalue weighted by Gasteiger charge is 2.19. The maximum atomic E-state index is 10.7. The highest BCUT2D eigenvalue weighted by molar-refractivity contribution is 6.31. The van der Waals surface area contributed by atoms with Crippen LogP contribution in [0.5, 0.6) is 23.0 Å². The summed E-state index contributed by atoms with van der Waals surface area (Å²) in [4.78, 5) is 0. The van der Waals surface area contributed by atoms with Crippen LogP contribution >= 0.6 is 11.6 Å². The van der Waals surface area contributed by atoms with Crippen molar-refractivity contribution in [3.63, 3.8) is 0 Å². The molecule has 0 fully saturated rings. The van der Waals surface area contributed by atoms with E-state index in [1.807, 2.05) is 98.8 Å². The van der Waals surface area contributed by atoms with Gasteiger partial charge in [-0.05, 0) is 55.3 Å². The second-order valence-electron chi connectivity index (χ2n) is 9.98. The monoisotopic (exact) mass is 572 g/mol. The van der Waals surface area contributed by atoms with E-state index in [1.165, 1.54) is 0 Å². The molecule has 0 radical (unpaired) electrons. The number of aliphatic hydroxyl groups is 2. The second kappa shape index (κ2) is 13.1. The summed E-state index contributed by atoms with van der Waals surface area (Å²) in [6.07, 6.45) is -1.71. The van der Waals surface area contributed by atoms with Crippen LogP contribution in [-0.2, 0) is 0 Å². The summed E-state index contributed by atoms with van der Waals surface area (Å²) in [5.74, 6) is 2.65. The Morgan fingerprint density at radius 3 is 1.46 bits per heavy atom. The van der Waals surface area contributed by atoms with Gasteiger partial charge in [-0.1, -0.05) is 72.3 Å². The molecule has 0 saturated heterocycles. The number of hydrogen-bond acceptors (Lipinski definition) is 6. The summed E-state index contributed by atoms with van der Waals surface area (Å²) in [5, 5.41) is 25.0. The van der Waals surface area contributed by atoms with Crippen molar-refractivity contribution in [3.8, 4) is 23.0 Å². The Balaban J connectivity index is 1.35. The van der Waals surface area contributed by atoms with Crippen LogP contribution in [0.3, 0.4) is 0 Å². The van der Waals surface area contributed by atoms with Crippen molar-refractivity contribution in [1.82, 2.24) is 0 Å². The van der Waals surface area contributed by atoms with Crippen molar-refractivity contribution in [3.05, 3.63) is 107 Å². The molecular weight excluding hydrogens is 540 g/mol. The molecule has 2 N–H and O–H groups in total. The number of halogens is 1. The topological polar surface area (TPSA) is 77.4 Å². The number of aliphatic hydroxyl groups excluding tert-OH is 2. The molecule has 0 heterocycles. The van der Waals surface area contributed by atoms with Crippen LogP contribution < -0.4 is 18.9 Å². The largest absolute Gasteiger partial charge is 0.490 e. The maximum absolute atomic E-state index is 10.7. The van der Waals surface area contributed by atoms with Gasteiger partial charge < -0.3 is 29.2 Å². The van der Waals surface area contributed by atoms with E-state index in [4.69, 9.17) is 30.5 Å². The lowest BCUT2D eigenvalue weighted by atomic mass is 10.0. The Bertz CT molecular complexity index is 1640. The number of rotatable bonds is 12. The molecule has 212 valence electrons. The first-order chi connectivity index (χ1) is 19.9. The fraction of sp³-hybridized carbons (Fsp3) is 0.235. The van der Waals surface area contributed by atoms with E-state index in [1.54, 1.807) is 6.07 Å². The molecule has 2 atom stereocenters. The summed E-state index contributed by atoms with van der Waals surface area (Å²) in [5.41, 5.74) is 1.99. The van der Waals surface area contributed by atoms with Gasteiger partial charge in [-0.2, -0.15) is 0 Å². The fourth-order valence-corrected chi connectivity index (χ4v) is 4.82. The molecule has 0 bridgehead atoms. The zero-order valence-corrected chi connectivity index (χ0v) is 23.8. The molecule has 5 rings (SSSR count). The van der Waals surface area contributed by atoms with Gasteiger partial charge in [0.15, 0.2) is 0 Å². The number of benzene rings is 5. The minimum absolute atomic E-state index is 0.0205. The van der Waals surface area contributed by atoms with E-state index in [2.05, 4.69) is 0 Å². The third-order valence-electron chi connectivity index (χ3n) is 6.78. The Labute approximate surface area is 244 Å². The first kappa shape index (κ1) is 28.6. The molecule has 0 spiro atoms. The van der Waals surface area contributed by atoms with E-state index < -0.39 is 12.2 Å². The summed E-state index contributed by atoms with van der Waals surface area (Å²) >= 11 is 6.41. The normalized spacial score (nSPS) is 12.7. The molecule has 0 aromatic heterocycles. The van der Waals surface area contributed by atoms with Gasteiger partial charge in [0, 0.05) is 26.6 Å². The van der Waals surface area contributed by atoms with Crippen LogP contribution in [0.15, 0.2) is 91.0 Å². The molecule has 0 amide bonds. The van der Waals surface area contributed by atoms with E-state index in [0.717, 1.165) is 44.2 Å². The van der Waals surface area contributed by atoms with Crippen LogP contribution in [-0.4, -0.2) is 48.8 Å². The summed E-state index contributed by atoms with van der Waals surface area (Å²) < 4.78 is 24.1. The van der Waals surface area contributed by atoms with Crippen molar-refractivity contribution in [2.24, 2.45) is 0 Å². The zero-order valence-electron chi connectivity index (χ0n) is 23.0. The standard InChI is InChI=1S/C34H33ClO6/c1-22-9-3-7-13-31(22)38-18-25(36)20-40-33-27-11-5-6-12-28(27)34(30-17-24(35)15-16-29(30)33)41-21-26(37)19-39-32-14-8-4-10-23(32)2/h3-17,25-26,36-37H,18-21H2,1-2H3. The highest BCUT2D eigenvalue weighted by atomic mass is 35.5. The molecule has 5 aromatic carbocycles. The molecule has 5 aromatic rings. The van der Waals surface area contributed by atoms with Gasteiger partial charge in [-0.25, -0.2) is 0 Å². The third kappa shape index (κ3) is 6.85. The minimum Gasteiger partial charge on any atom is -0.490 e. The molecule has 2 unspecified atom stereocenters. The summed E-state index contributed by atoms with van der Waals surface area (Å²) in [7, 11) is 0. The van der Waals surface area contributed by atoms with E-state index in [0.29, 0.717) is 16.5 Å². The number of ether oxygens (including phenoxy) is 4. The summed E-state index contributed by atoms with van der Waals surface area (Å²) in [6.45, 7) is 4.15. The van der Waals surface area contributed by atoms with E-state index in [-0.39, 0.29) is 26.4 Å². The van der Waals surface area contributed by atoms with E-state index >= 15 is 0 Å². The predicted octanol–water partition coefficient (Wildman–Crippen LogP) is 6.90. The fourth-order valence-electron chi connectivity index (χ4n) is 4.65. The summed E-state index contributed by atoms with van der Waals surface area (Å²) in [6, 6.07) is 28.5. The van der Waals surface area contributed by atoms with Crippen LogP contribution in [0.25, 0.3) is 21.5 Å². The quantitative estimate of drug-likeness (QED) is 0.158. The molecule has 7 heteroatoms. The van der Waals surface area contributed by atoms with Crippen molar-refractivity contribution >= 4 is 33.1 Å². The molecule has 0 aliphatic heterocycles. The van der Waals surface area contributed by atoms with Gasteiger partial charge in [0.05, 0.1) is 0 Å². The van der Waals surface area contributed by atoms with Crippen LogP contribution in [0.4, 0.5) is 0 Å². The van der Waals surface area contributed by atoms with Crippen LogP contribution in [0, 0.1) is 13.8 Å². The predicted molar refractivity (Wildman–Crippen MR) is 163 cm³/mol. The molecule has 0 aliphatic rings. The highest BCUT2D eigenvalue weighted by Crippen LogP contribution is 2.43. The van der Waals surface area contributed by atoms with Crippen molar-refractivity contribution in [1.29, 1.82) is 0 Å². The zero-order chi connectivity index (χ0) is 28.8. The minimum atomic E-state index is -0.859. The van der Waals surface area contributed by atoms with Crippen LogP contribution in [0.1, 0.15) is 11.1 Å². The molecule has 6 nitrogen and oxygen atoms in total. The number of fused-ring (bicyclic) bond motifs is 2. The van der Waals surface area contributed by atoms with Crippen molar-refractivity contribution in [2.75, 3.05) is 26.4 Å². The molecular formula is C34H33ClO6. The van der Waals surface area contributed by atoms with E-state index in [9.17, 15) is 10.2 Å². The second-order valence-corrected chi connectivity index (χ2v) is 10.4. The van der Waals surface area contributed by atoms with Gasteiger partial charge in [0.1, 0.15) is 61.6 Å². The lowest BCUT2D eigenvalue weighted by Crippen LogP contribution is -2.26. The van der Waals surface area contributed by atoms with Crippen molar-refractivity contribution in [2.45, 2.75) is 26.1 Å². The lowest BCUT2D eigenvalue weighted by Gasteiger charge is -2.21. The van der Waals surface area contributed by atoms with Gasteiger partial charge in [0.2, 0.25) is 0 Å². The van der Waals surface area contributed by atoms with Gasteiger partial charge >= 0.3 is 0 Å². The van der Waals surface area contributed by atoms with Crippen LogP contribution in [0.2, 0.25) is 5.02 Å². The Morgan fingerprint density at radius 1 is 0.537 bits per heavy atom. The Kier molecular flexibility index (Phi) is 9.14. The van der Waals surface area contributed by atoms with Gasteiger partial charge in [0.25, 0.3) is 0 Å². The molecule has 0 aliphatic carbocycles. The number of hydrogen-bond donors (Lipinski definition) is 2. The number of aryl methyl sites for hydroxylation is 2. The first-order valence-electron chi connectivity index (χ1n) is 13.5. The third-order valence-corrected chi connectivity index (χ3v) is 7.01. The molecule has 41 heavy (non-hydrogen) atoms. The Hall–Kier alpha value is -3.97. The van der Waals surface area contributed by atoms with Gasteiger partial charge in [-0.3, -0.25) is 0 Å².